The predicted octanol–water partition coefficient (Wildman–Crippen LogP) is 2.65. The summed E-state index contributed by atoms with van der Waals surface area (Å²) < 4.78 is 38.8. The molecule has 0 saturated heterocycles. The number of nitrogens with one attached hydrogen (secondary N) is 1. The molecule has 0 spiro atoms. The van der Waals surface area contributed by atoms with E-state index in [1.807, 2.05) is 0 Å². The van der Waals surface area contributed by atoms with Crippen molar-refractivity contribution in [1.29, 1.82) is 0 Å². The molecule has 5 heteroatoms. The second-order valence-electron chi connectivity index (χ2n) is 2.37. The first kappa shape index (κ1) is 9.49. The van der Waals surface area contributed by atoms with Gasteiger partial charge in [-0.2, -0.15) is 0 Å². The summed E-state index contributed by atoms with van der Waals surface area (Å²) in [6.07, 6.45) is 0. The standard InChI is InChI=1S/C7H9F3NP/c1-11-12(8,9,10)7-5-3-2-4-6-7/h2-6,11H,1H3. The first-order valence-electron chi connectivity index (χ1n) is 3.36. The third kappa shape index (κ3) is 1.76. The summed E-state index contributed by atoms with van der Waals surface area (Å²) in [5, 5.41) is 0.901. The summed E-state index contributed by atoms with van der Waals surface area (Å²) in [5.74, 6) is 0. The number of hydrogen-bond acceptors (Lipinski definition) is 1. The summed E-state index contributed by atoms with van der Waals surface area (Å²) in [6.45, 7) is 0. The van der Waals surface area contributed by atoms with Crippen LogP contribution in [0.1, 0.15) is 0 Å². The molecule has 0 amide bonds. The van der Waals surface area contributed by atoms with Crippen molar-refractivity contribution in [3.8, 4) is 0 Å². The average Bonchev–Trinajstić information content (AvgIpc) is 2.06. The Morgan fingerprint density at radius 2 is 1.58 bits per heavy atom. The fraction of sp³-hybridized carbons (Fsp3) is 0.143. The van der Waals surface area contributed by atoms with Crippen LogP contribution in [-0.2, 0) is 0 Å². The van der Waals surface area contributed by atoms with Crippen molar-refractivity contribution in [2.75, 3.05) is 7.05 Å². The Balaban J connectivity index is 3.14. The number of hydrogen-bond donors (Lipinski definition) is 1. The maximum absolute atomic E-state index is 12.9. The van der Waals surface area contributed by atoms with Crippen LogP contribution in [0.4, 0.5) is 12.6 Å². The van der Waals surface area contributed by atoms with Gasteiger partial charge in [0.05, 0.1) is 0 Å². The predicted molar refractivity (Wildman–Crippen MR) is 45.4 cm³/mol. The minimum absolute atomic E-state index is 0.564. The van der Waals surface area contributed by atoms with E-state index in [9.17, 15) is 12.6 Å². The van der Waals surface area contributed by atoms with Gasteiger partial charge in [-0.15, -0.1) is 0 Å². The molecule has 1 N–H and O–H groups in total. The van der Waals surface area contributed by atoms with Crippen molar-refractivity contribution in [2.45, 2.75) is 0 Å². The van der Waals surface area contributed by atoms with Crippen LogP contribution in [0, 0.1) is 0 Å². The molecule has 0 saturated carbocycles. The summed E-state index contributed by atoms with van der Waals surface area (Å²) in [4.78, 5) is 0. The van der Waals surface area contributed by atoms with Crippen LogP contribution in [0.15, 0.2) is 30.3 Å². The number of rotatable bonds is 2. The van der Waals surface area contributed by atoms with Gasteiger partial charge in [0.1, 0.15) is 0 Å². The van der Waals surface area contributed by atoms with E-state index in [0.717, 1.165) is 19.2 Å². The van der Waals surface area contributed by atoms with E-state index in [1.165, 1.54) is 17.2 Å². The Bertz CT molecular complexity index is 267. The second-order valence-corrected chi connectivity index (χ2v) is 4.95. The van der Waals surface area contributed by atoms with Crippen molar-refractivity contribution < 1.29 is 12.6 Å². The van der Waals surface area contributed by atoms with Gasteiger partial charge >= 0.3 is 68.0 Å². The molecular formula is C7H9F3NP. The first-order chi connectivity index (χ1) is 5.44. The molecule has 1 aromatic rings. The quantitative estimate of drug-likeness (QED) is 0.715. The van der Waals surface area contributed by atoms with E-state index in [1.54, 1.807) is 6.07 Å². The van der Waals surface area contributed by atoms with E-state index in [4.69, 9.17) is 0 Å². The van der Waals surface area contributed by atoms with Crippen LogP contribution in [0.25, 0.3) is 0 Å². The zero-order valence-corrected chi connectivity index (χ0v) is 7.36. The fourth-order valence-electron chi connectivity index (χ4n) is 0.801. The Labute approximate surface area is 68.9 Å². The van der Waals surface area contributed by atoms with Crippen LogP contribution in [0.2, 0.25) is 0 Å². The second kappa shape index (κ2) is 2.71. The van der Waals surface area contributed by atoms with E-state index in [2.05, 4.69) is 0 Å². The molecule has 0 bridgehead atoms. The molecule has 68 valence electrons. The Morgan fingerprint density at radius 3 is 2.00 bits per heavy atom. The molecule has 1 aromatic carbocycles. The van der Waals surface area contributed by atoms with Crippen molar-refractivity contribution >= 4 is 13.0 Å². The van der Waals surface area contributed by atoms with Gasteiger partial charge in [0.2, 0.25) is 0 Å². The summed E-state index contributed by atoms with van der Waals surface area (Å²) in [5.41, 5.74) is 0. The SMILES string of the molecule is CNP(F)(F)(F)c1ccccc1. The molecule has 0 heterocycles. The van der Waals surface area contributed by atoms with Gasteiger partial charge in [-0.05, 0) is 0 Å². The third-order valence-corrected chi connectivity index (χ3v) is 3.42. The van der Waals surface area contributed by atoms with Crippen LogP contribution < -0.4 is 10.4 Å². The van der Waals surface area contributed by atoms with Gasteiger partial charge in [0.25, 0.3) is 0 Å². The zero-order valence-electron chi connectivity index (χ0n) is 6.47. The van der Waals surface area contributed by atoms with Crippen LogP contribution >= 0.6 is 7.69 Å². The molecule has 0 atom stereocenters. The summed E-state index contributed by atoms with van der Waals surface area (Å²) >= 11 is 0. The molecule has 0 fully saturated rings. The van der Waals surface area contributed by atoms with Gasteiger partial charge in [-0.3, -0.25) is 0 Å². The molecule has 0 unspecified atom stereocenters. The van der Waals surface area contributed by atoms with Gasteiger partial charge in [0.15, 0.2) is 0 Å². The normalized spacial score (nSPS) is 15.2. The van der Waals surface area contributed by atoms with Gasteiger partial charge in [-0.25, -0.2) is 0 Å². The molecule has 0 aliphatic rings. The monoisotopic (exact) mass is 195 g/mol. The summed E-state index contributed by atoms with van der Waals surface area (Å²) in [6, 6.07) is 6.48. The third-order valence-electron chi connectivity index (χ3n) is 1.54. The fourth-order valence-corrected chi connectivity index (χ4v) is 1.72. The Hall–Kier alpha value is -0.600. The number of benzene rings is 1. The molecule has 1 rings (SSSR count). The first-order valence-corrected chi connectivity index (χ1v) is 5.27. The number of halogens is 3. The topological polar surface area (TPSA) is 12.0 Å². The van der Waals surface area contributed by atoms with Crippen molar-refractivity contribution in [2.24, 2.45) is 0 Å². The molecule has 12 heavy (non-hydrogen) atoms. The van der Waals surface area contributed by atoms with E-state index < -0.39 is 13.0 Å². The van der Waals surface area contributed by atoms with Crippen LogP contribution in [0.3, 0.4) is 0 Å². The molecule has 0 aliphatic carbocycles. The van der Waals surface area contributed by atoms with Crippen LogP contribution in [-0.4, -0.2) is 7.05 Å². The molecular weight excluding hydrogens is 186 g/mol. The maximum atomic E-state index is 12.9. The molecule has 1 nitrogen and oxygen atoms in total. The van der Waals surface area contributed by atoms with E-state index >= 15 is 0 Å². The molecule has 0 aliphatic heterocycles. The average molecular weight is 195 g/mol. The van der Waals surface area contributed by atoms with Crippen LogP contribution in [0.5, 0.6) is 0 Å². The summed E-state index contributed by atoms with van der Waals surface area (Å²) in [7, 11) is -5.35. The van der Waals surface area contributed by atoms with Crippen molar-refractivity contribution in [1.82, 2.24) is 5.09 Å². The van der Waals surface area contributed by atoms with Gasteiger partial charge in [0, 0.05) is 0 Å². The van der Waals surface area contributed by atoms with E-state index in [-0.39, 0.29) is 0 Å². The van der Waals surface area contributed by atoms with Crippen molar-refractivity contribution in [3.63, 3.8) is 0 Å². The Morgan fingerprint density at radius 1 is 1.08 bits per heavy atom. The minimum atomic E-state index is -6.27. The van der Waals surface area contributed by atoms with E-state index in [0.29, 0.717) is 0 Å². The van der Waals surface area contributed by atoms with Gasteiger partial charge < -0.3 is 0 Å². The van der Waals surface area contributed by atoms with Gasteiger partial charge in [-0.1, -0.05) is 0 Å². The molecule has 0 aromatic heterocycles. The van der Waals surface area contributed by atoms with Crippen molar-refractivity contribution in [3.05, 3.63) is 30.3 Å². The Kier molecular flexibility index (Phi) is 2.15. The zero-order chi connectivity index (χ0) is 9.27. The molecule has 0 radical (unpaired) electrons.